The third-order valence-electron chi connectivity index (χ3n) is 3.23. The highest BCUT2D eigenvalue weighted by molar-refractivity contribution is 7.10. The summed E-state index contributed by atoms with van der Waals surface area (Å²) in [5, 5.41) is 8.12. The predicted molar refractivity (Wildman–Crippen MR) is 82.9 cm³/mol. The van der Waals surface area contributed by atoms with E-state index in [1.165, 1.54) is 27.3 Å². The van der Waals surface area contributed by atoms with Crippen LogP contribution in [0, 0.1) is 6.92 Å². The van der Waals surface area contributed by atoms with Crippen LogP contribution in [0.1, 0.15) is 47.2 Å². The monoisotopic (exact) mass is 279 g/mol. The fourth-order valence-electron chi connectivity index (χ4n) is 2.22. The van der Waals surface area contributed by atoms with Crippen molar-refractivity contribution >= 4 is 22.7 Å². The number of thiophene rings is 2. The predicted octanol–water partition coefficient (Wildman–Crippen LogP) is 4.77. The zero-order valence-corrected chi connectivity index (χ0v) is 13.0. The Kier molecular flexibility index (Phi) is 4.98. The van der Waals surface area contributed by atoms with E-state index < -0.39 is 0 Å². The largest absolute Gasteiger partial charge is 0.306 e. The molecule has 2 rings (SSSR count). The molecule has 0 saturated carbocycles. The molecule has 0 saturated heterocycles. The molecule has 18 heavy (non-hydrogen) atoms. The first-order valence-electron chi connectivity index (χ1n) is 6.61. The van der Waals surface area contributed by atoms with Gasteiger partial charge in [-0.1, -0.05) is 13.8 Å². The lowest BCUT2D eigenvalue weighted by Gasteiger charge is -2.19. The van der Waals surface area contributed by atoms with Crippen LogP contribution in [0.4, 0.5) is 0 Å². The standard InChI is InChI=1S/C15H21NS2/c1-4-8-16-14(13-7-10-17-11(13)3)15-12(5-2)6-9-18-15/h6-7,9-10,14,16H,4-5,8H2,1-3H3. The molecular weight excluding hydrogens is 258 g/mol. The van der Waals surface area contributed by atoms with Gasteiger partial charge in [0.05, 0.1) is 6.04 Å². The molecule has 0 radical (unpaired) electrons. The summed E-state index contributed by atoms with van der Waals surface area (Å²) in [6, 6.07) is 4.92. The lowest BCUT2D eigenvalue weighted by molar-refractivity contribution is 0.602. The average molecular weight is 279 g/mol. The molecule has 1 unspecified atom stereocenters. The Hall–Kier alpha value is -0.640. The van der Waals surface area contributed by atoms with Crippen molar-refractivity contribution in [3.63, 3.8) is 0 Å². The van der Waals surface area contributed by atoms with Gasteiger partial charge in [-0.3, -0.25) is 0 Å². The van der Waals surface area contributed by atoms with E-state index in [1.54, 1.807) is 0 Å². The van der Waals surface area contributed by atoms with Crippen LogP contribution >= 0.6 is 22.7 Å². The van der Waals surface area contributed by atoms with Gasteiger partial charge in [0.1, 0.15) is 0 Å². The number of rotatable bonds is 6. The number of nitrogens with one attached hydrogen (secondary N) is 1. The maximum Gasteiger partial charge on any atom is 0.0684 e. The van der Waals surface area contributed by atoms with E-state index in [2.05, 4.69) is 49.0 Å². The van der Waals surface area contributed by atoms with Crippen molar-refractivity contribution in [2.75, 3.05) is 6.54 Å². The Morgan fingerprint density at radius 2 is 1.94 bits per heavy atom. The summed E-state index contributed by atoms with van der Waals surface area (Å²) in [5.74, 6) is 0. The molecule has 0 aromatic carbocycles. The summed E-state index contributed by atoms with van der Waals surface area (Å²) in [7, 11) is 0. The van der Waals surface area contributed by atoms with Crippen LogP contribution in [0.25, 0.3) is 0 Å². The molecule has 1 nitrogen and oxygen atoms in total. The van der Waals surface area contributed by atoms with Crippen LogP contribution in [0.2, 0.25) is 0 Å². The number of aryl methyl sites for hydroxylation is 2. The van der Waals surface area contributed by atoms with Crippen LogP contribution in [-0.2, 0) is 6.42 Å². The van der Waals surface area contributed by atoms with Gasteiger partial charge >= 0.3 is 0 Å². The van der Waals surface area contributed by atoms with Gasteiger partial charge in [0.2, 0.25) is 0 Å². The second-order valence-electron chi connectivity index (χ2n) is 4.48. The Balaban J connectivity index is 2.34. The summed E-state index contributed by atoms with van der Waals surface area (Å²) in [6.45, 7) is 7.75. The summed E-state index contributed by atoms with van der Waals surface area (Å²) in [5.41, 5.74) is 2.94. The van der Waals surface area contributed by atoms with Crippen molar-refractivity contribution in [3.05, 3.63) is 43.8 Å². The van der Waals surface area contributed by atoms with Crippen molar-refractivity contribution in [2.24, 2.45) is 0 Å². The quantitative estimate of drug-likeness (QED) is 0.803. The van der Waals surface area contributed by atoms with Gasteiger partial charge in [-0.2, -0.15) is 0 Å². The molecule has 1 N–H and O–H groups in total. The lowest BCUT2D eigenvalue weighted by atomic mass is 10.0. The molecule has 98 valence electrons. The maximum absolute atomic E-state index is 3.71. The molecule has 0 spiro atoms. The molecule has 0 bridgehead atoms. The van der Waals surface area contributed by atoms with Gasteiger partial charge in [0, 0.05) is 9.75 Å². The van der Waals surface area contributed by atoms with Crippen LogP contribution in [-0.4, -0.2) is 6.54 Å². The SMILES string of the molecule is CCCNC(c1ccsc1C)c1sccc1CC. The van der Waals surface area contributed by atoms with E-state index in [9.17, 15) is 0 Å². The molecule has 2 aromatic heterocycles. The molecule has 1 atom stereocenters. The second-order valence-corrected chi connectivity index (χ2v) is 6.55. The minimum Gasteiger partial charge on any atom is -0.306 e. The summed E-state index contributed by atoms with van der Waals surface area (Å²) < 4.78 is 0. The van der Waals surface area contributed by atoms with Crippen molar-refractivity contribution in [3.8, 4) is 0 Å². The Bertz CT molecular complexity index is 484. The molecule has 0 aliphatic carbocycles. The van der Waals surface area contributed by atoms with Gasteiger partial charge < -0.3 is 5.32 Å². The summed E-state index contributed by atoms with van der Waals surface area (Å²) >= 11 is 3.72. The molecule has 0 aliphatic heterocycles. The van der Waals surface area contributed by atoms with E-state index in [1.807, 2.05) is 22.7 Å². The maximum atomic E-state index is 3.71. The van der Waals surface area contributed by atoms with Gasteiger partial charge in [0.15, 0.2) is 0 Å². The van der Waals surface area contributed by atoms with E-state index in [-0.39, 0.29) is 0 Å². The van der Waals surface area contributed by atoms with Crippen LogP contribution < -0.4 is 5.32 Å². The molecule has 0 amide bonds. The van der Waals surface area contributed by atoms with Crippen LogP contribution in [0.3, 0.4) is 0 Å². The van der Waals surface area contributed by atoms with Crippen LogP contribution in [0.15, 0.2) is 22.9 Å². The van der Waals surface area contributed by atoms with Crippen molar-refractivity contribution in [1.29, 1.82) is 0 Å². The molecule has 0 aliphatic rings. The first-order chi connectivity index (χ1) is 8.77. The number of hydrogen-bond acceptors (Lipinski definition) is 3. The van der Waals surface area contributed by atoms with E-state index in [4.69, 9.17) is 0 Å². The first kappa shape index (κ1) is 13.8. The minimum atomic E-state index is 0.381. The van der Waals surface area contributed by atoms with E-state index >= 15 is 0 Å². The van der Waals surface area contributed by atoms with Gasteiger partial charge in [-0.25, -0.2) is 0 Å². The highest BCUT2D eigenvalue weighted by Gasteiger charge is 2.19. The zero-order valence-electron chi connectivity index (χ0n) is 11.3. The highest BCUT2D eigenvalue weighted by Crippen LogP contribution is 2.33. The van der Waals surface area contributed by atoms with Crippen molar-refractivity contribution in [2.45, 2.75) is 39.7 Å². The first-order valence-corrected chi connectivity index (χ1v) is 8.37. The third-order valence-corrected chi connectivity index (χ3v) is 5.12. The normalized spacial score (nSPS) is 12.8. The highest BCUT2D eigenvalue weighted by atomic mass is 32.1. The number of hydrogen-bond donors (Lipinski definition) is 1. The van der Waals surface area contributed by atoms with Gasteiger partial charge in [0.25, 0.3) is 0 Å². The van der Waals surface area contributed by atoms with Gasteiger partial charge in [-0.15, -0.1) is 22.7 Å². The van der Waals surface area contributed by atoms with E-state index in [0.29, 0.717) is 6.04 Å². The molecule has 0 fully saturated rings. The topological polar surface area (TPSA) is 12.0 Å². The van der Waals surface area contributed by atoms with E-state index in [0.717, 1.165) is 13.0 Å². The summed E-state index contributed by atoms with van der Waals surface area (Å²) in [6.07, 6.45) is 2.29. The molecular formula is C15H21NS2. The molecule has 3 heteroatoms. The van der Waals surface area contributed by atoms with Crippen molar-refractivity contribution in [1.82, 2.24) is 5.32 Å². The Labute approximate surface area is 118 Å². The Morgan fingerprint density at radius 3 is 2.56 bits per heavy atom. The molecule has 2 heterocycles. The Morgan fingerprint density at radius 1 is 1.17 bits per heavy atom. The van der Waals surface area contributed by atoms with Crippen molar-refractivity contribution < 1.29 is 0 Å². The van der Waals surface area contributed by atoms with Crippen LogP contribution in [0.5, 0.6) is 0 Å². The lowest BCUT2D eigenvalue weighted by Crippen LogP contribution is -2.23. The fraction of sp³-hybridized carbons (Fsp3) is 0.467. The van der Waals surface area contributed by atoms with Gasteiger partial charge in [-0.05, 0) is 60.3 Å². The molecule has 2 aromatic rings. The zero-order chi connectivity index (χ0) is 13.0. The average Bonchev–Trinajstić information content (AvgIpc) is 2.99. The fourth-order valence-corrected chi connectivity index (χ4v) is 4.05. The smallest absolute Gasteiger partial charge is 0.0684 e. The third kappa shape index (κ3) is 2.85. The summed E-state index contributed by atoms with van der Waals surface area (Å²) in [4.78, 5) is 2.92. The minimum absolute atomic E-state index is 0.381. The second kappa shape index (κ2) is 6.50.